The summed E-state index contributed by atoms with van der Waals surface area (Å²) in [5, 5.41) is 15.7. The van der Waals surface area contributed by atoms with Gasteiger partial charge in [0.15, 0.2) is 11.5 Å². The van der Waals surface area contributed by atoms with E-state index in [4.69, 9.17) is 0 Å². The number of nitrogens with zero attached hydrogens (tertiary/aromatic N) is 7. The van der Waals surface area contributed by atoms with E-state index in [1.165, 1.54) is 10.7 Å². The third kappa shape index (κ3) is 3.90. The number of hydrogen-bond acceptors (Lipinski definition) is 5. The molecule has 0 aliphatic heterocycles. The van der Waals surface area contributed by atoms with Gasteiger partial charge < -0.3 is 5.32 Å². The first-order valence-electron chi connectivity index (χ1n) is 9.76. The third-order valence-electron chi connectivity index (χ3n) is 4.99. The fourth-order valence-corrected chi connectivity index (χ4v) is 3.58. The fraction of sp³-hybridized carbons (Fsp3) is 0.350. The predicted octanol–water partition coefficient (Wildman–Crippen LogP) is 3.24. The van der Waals surface area contributed by atoms with Crippen LogP contribution in [-0.4, -0.2) is 40.2 Å². The van der Waals surface area contributed by atoms with Crippen molar-refractivity contribution in [3.8, 4) is 11.3 Å². The largest absolute Gasteiger partial charge is 0.308 e. The van der Waals surface area contributed by atoms with Crippen LogP contribution >= 0.6 is 0 Å². The van der Waals surface area contributed by atoms with Gasteiger partial charge >= 0.3 is 0 Å². The van der Waals surface area contributed by atoms with Gasteiger partial charge in [0.2, 0.25) is 5.91 Å². The smallest absolute Gasteiger partial charge is 0.264 e. The van der Waals surface area contributed by atoms with Crippen LogP contribution in [0, 0.1) is 13.8 Å². The highest BCUT2D eigenvalue weighted by molar-refractivity contribution is 5.91. The van der Waals surface area contributed by atoms with Gasteiger partial charge in [-0.15, -0.1) is 0 Å². The summed E-state index contributed by atoms with van der Waals surface area (Å²) in [6.07, 6.45) is 0.527. The molecular formula is C20H22F2N8O. The molecule has 0 spiro atoms. The van der Waals surface area contributed by atoms with Crippen molar-refractivity contribution < 1.29 is 13.6 Å². The summed E-state index contributed by atoms with van der Waals surface area (Å²) in [5.41, 5.74) is 2.29. The van der Waals surface area contributed by atoms with Crippen LogP contribution in [0.15, 0.2) is 24.5 Å². The Kier molecular flexibility index (Phi) is 5.25. The highest BCUT2D eigenvalue weighted by Gasteiger charge is 2.22. The quantitative estimate of drug-likeness (QED) is 0.509. The molecule has 0 aliphatic rings. The second-order valence-electron chi connectivity index (χ2n) is 7.28. The van der Waals surface area contributed by atoms with Crippen molar-refractivity contribution in [2.45, 2.75) is 40.3 Å². The summed E-state index contributed by atoms with van der Waals surface area (Å²) < 4.78 is 32.3. The molecular weight excluding hydrogens is 406 g/mol. The van der Waals surface area contributed by atoms with Crippen LogP contribution in [0.2, 0.25) is 0 Å². The Balaban J connectivity index is 1.71. The first-order valence-corrected chi connectivity index (χ1v) is 9.76. The van der Waals surface area contributed by atoms with E-state index in [0.717, 1.165) is 5.69 Å². The Morgan fingerprint density at radius 3 is 2.58 bits per heavy atom. The molecule has 0 unspecified atom stereocenters. The number of rotatable bonds is 6. The summed E-state index contributed by atoms with van der Waals surface area (Å²) >= 11 is 0. The average Bonchev–Trinajstić information content (AvgIpc) is 3.39. The SMILES string of the molecule is CCn1nc(NC(=O)Cn2nc(C)c3c(C(F)F)cc(-c4cnn(C)c4)nc32)cc1C. The van der Waals surface area contributed by atoms with E-state index in [0.29, 0.717) is 29.3 Å². The summed E-state index contributed by atoms with van der Waals surface area (Å²) in [7, 11) is 1.73. The predicted molar refractivity (Wildman–Crippen MR) is 111 cm³/mol. The van der Waals surface area contributed by atoms with E-state index >= 15 is 0 Å². The number of nitrogens with one attached hydrogen (secondary N) is 1. The summed E-state index contributed by atoms with van der Waals surface area (Å²) in [5.74, 6) is 0.0483. The van der Waals surface area contributed by atoms with E-state index in [2.05, 4.69) is 25.6 Å². The molecule has 0 aromatic carbocycles. The molecule has 0 radical (unpaired) electrons. The van der Waals surface area contributed by atoms with Crippen molar-refractivity contribution in [3.05, 3.63) is 41.5 Å². The zero-order valence-electron chi connectivity index (χ0n) is 17.6. The lowest BCUT2D eigenvalue weighted by molar-refractivity contribution is -0.116. The van der Waals surface area contributed by atoms with Gasteiger partial charge in [-0.1, -0.05) is 0 Å². The molecule has 0 fully saturated rings. The van der Waals surface area contributed by atoms with Gasteiger partial charge in [-0.3, -0.25) is 14.2 Å². The molecule has 162 valence electrons. The second-order valence-corrected chi connectivity index (χ2v) is 7.28. The van der Waals surface area contributed by atoms with Crippen LogP contribution in [-0.2, 0) is 24.9 Å². The molecule has 4 aromatic rings. The lowest BCUT2D eigenvalue weighted by Gasteiger charge is -2.08. The molecule has 31 heavy (non-hydrogen) atoms. The number of anilines is 1. The molecule has 4 aromatic heterocycles. The Morgan fingerprint density at radius 2 is 1.97 bits per heavy atom. The summed E-state index contributed by atoms with van der Waals surface area (Å²) in [6.45, 7) is 5.97. The average molecular weight is 428 g/mol. The highest BCUT2D eigenvalue weighted by atomic mass is 19.3. The number of aryl methyl sites for hydroxylation is 4. The van der Waals surface area contributed by atoms with Crippen molar-refractivity contribution in [3.63, 3.8) is 0 Å². The molecule has 0 bridgehead atoms. The monoisotopic (exact) mass is 428 g/mol. The Bertz CT molecular complexity index is 1270. The molecule has 11 heteroatoms. The van der Waals surface area contributed by atoms with Crippen molar-refractivity contribution >= 4 is 22.8 Å². The molecule has 0 atom stereocenters. The van der Waals surface area contributed by atoms with Crippen molar-refractivity contribution in [1.82, 2.24) is 34.3 Å². The molecule has 4 heterocycles. The van der Waals surface area contributed by atoms with Gasteiger partial charge in [0, 0.05) is 42.7 Å². The third-order valence-corrected chi connectivity index (χ3v) is 4.99. The molecule has 0 saturated heterocycles. The number of hydrogen-bond donors (Lipinski definition) is 1. The lowest BCUT2D eigenvalue weighted by atomic mass is 10.1. The van der Waals surface area contributed by atoms with Crippen LogP contribution in [0.5, 0.6) is 0 Å². The number of amides is 1. The topological polar surface area (TPSA) is 95.5 Å². The van der Waals surface area contributed by atoms with Gasteiger partial charge in [0.05, 0.1) is 23.0 Å². The van der Waals surface area contributed by atoms with E-state index in [-0.39, 0.29) is 29.0 Å². The normalized spacial score (nSPS) is 11.6. The number of carbonyl (C=O) groups is 1. The van der Waals surface area contributed by atoms with E-state index in [1.54, 1.807) is 41.8 Å². The number of halogens is 2. The fourth-order valence-electron chi connectivity index (χ4n) is 3.58. The lowest BCUT2D eigenvalue weighted by Crippen LogP contribution is -2.20. The zero-order valence-corrected chi connectivity index (χ0v) is 17.6. The van der Waals surface area contributed by atoms with Crippen LogP contribution < -0.4 is 5.32 Å². The second kappa shape index (κ2) is 7.89. The molecule has 0 aliphatic carbocycles. The van der Waals surface area contributed by atoms with Crippen molar-refractivity contribution in [2.75, 3.05) is 5.32 Å². The number of pyridine rings is 1. The van der Waals surface area contributed by atoms with Gasteiger partial charge in [-0.2, -0.15) is 15.3 Å². The van der Waals surface area contributed by atoms with Gasteiger partial charge in [-0.05, 0) is 26.8 Å². The van der Waals surface area contributed by atoms with E-state index in [9.17, 15) is 13.6 Å². The van der Waals surface area contributed by atoms with Crippen molar-refractivity contribution in [1.29, 1.82) is 0 Å². The molecule has 1 N–H and O–H groups in total. The van der Waals surface area contributed by atoms with Crippen LogP contribution in [0.4, 0.5) is 14.6 Å². The highest BCUT2D eigenvalue weighted by Crippen LogP contribution is 2.32. The minimum Gasteiger partial charge on any atom is -0.308 e. The van der Waals surface area contributed by atoms with E-state index in [1.807, 2.05) is 13.8 Å². The Hall–Kier alpha value is -3.63. The minimum absolute atomic E-state index is 0.176. The van der Waals surface area contributed by atoms with Crippen LogP contribution in [0.25, 0.3) is 22.3 Å². The van der Waals surface area contributed by atoms with E-state index < -0.39 is 6.43 Å². The Labute approximate surface area is 176 Å². The number of carbonyl (C=O) groups excluding carboxylic acids is 1. The summed E-state index contributed by atoms with van der Waals surface area (Å²) in [4.78, 5) is 17.1. The molecule has 4 rings (SSSR count). The standard InChI is InChI=1S/C20H22F2N8O/c1-5-29-11(2)6-16(27-29)25-17(31)10-30-20-18(12(3)26-30)14(19(21)22)7-15(24-20)13-8-23-28(4)9-13/h6-9,19H,5,10H2,1-4H3,(H,25,27,31). The van der Waals surface area contributed by atoms with Gasteiger partial charge in [-0.25, -0.2) is 18.4 Å². The first-order chi connectivity index (χ1) is 14.8. The number of alkyl halides is 2. The van der Waals surface area contributed by atoms with Crippen LogP contribution in [0.1, 0.15) is 30.3 Å². The maximum Gasteiger partial charge on any atom is 0.264 e. The maximum atomic E-state index is 13.8. The number of aromatic nitrogens is 7. The summed E-state index contributed by atoms with van der Waals surface area (Å²) in [6, 6.07) is 3.12. The molecule has 1 amide bonds. The van der Waals surface area contributed by atoms with Crippen molar-refractivity contribution in [2.24, 2.45) is 7.05 Å². The minimum atomic E-state index is -2.72. The van der Waals surface area contributed by atoms with Crippen LogP contribution in [0.3, 0.4) is 0 Å². The number of fused-ring (bicyclic) bond motifs is 1. The molecule has 0 saturated carbocycles. The Morgan fingerprint density at radius 1 is 1.19 bits per heavy atom. The molecule has 9 nitrogen and oxygen atoms in total. The first kappa shape index (κ1) is 20.6. The van der Waals surface area contributed by atoms with Gasteiger partial charge in [0.25, 0.3) is 6.43 Å². The maximum absolute atomic E-state index is 13.8. The zero-order chi connectivity index (χ0) is 22.3. The van der Waals surface area contributed by atoms with Gasteiger partial charge in [0.1, 0.15) is 6.54 Å².